The Morgan fingerprint density at radius 3 is 2.58 bits per heavy atom. The summed E-state index contributed by atoms with van der Waals surface area (Å²) in [5, 5.41) is 0. The minimum Gasteiger partial charge on any atom is -0.485 e. The van der Waals surface area contributed by atoms with Crippen LogP contribution in [0.5, 0.6) is 11.5 Å². The summed E-state index contributed by atoms with van der Waals surface area (Å²) < 4.78 is 16.2. The fourth-order valence-electron chi connectivity index (χ4n) is 2.60. The third-order valence-electron chi connectivity index (χ3n) is 4.20. The third-order valence-corrected chi connectivity index (χ3v) is 4.20. The number of ether oxygens (including phenoxy) is 3. The van der Waals surface area contributed by atoms with Gasteiger partial charge in [-0.25, -0.2) is 4.79 Å². The molecule has 0 bridgehead atoms. The molecule has 1 amide bonds. The van der Waals surface area contributed by atoms with Crippen molar-refractivity contribution in [2.45, 2.75) is 19.6 Å². The molecule has 3 rings (SSSR count). The van der Waals surface area contributed by atoms with E-state index < -0.39 is 12.1 Å². The zero-order valence-electron chi connectivity index (χ0n) is 14.8. The van der Waals surface area contributed by atoms with Gasteiger partial charge in [0, 0.05) is 13.6 Å². The molecule has 26 heavy (non-hydrogen) atoms. The van der Waals surface area contributed by atoms with E-state index in [9.17, 15) is 9.59 Å². The zero-order chi connectivity index (χ0) is 18.5. The molecule has 1 aliphatic heterocycles. The number of carbonyl (C=O) groups is 2. The minimum atomic E-state index is -0.876. The second-order valence-corrected chi connectivity index (χ2v) is 6.15. The SMILES string of the molecule is Cc1ccccc1CN(C)C(=O)COC(=O)[C@@H]1COc2ccccc2O1. The van der Waals surface area contributed by atoms with Crippen molar-refractivity contribution in [1.82, 2.24) is 4.90 Å². The van der Waals surface area contributed by atoms with E-state index in [0.29, 0.717) is 18.0 Å². The lowest BCUT2D eigenvalue weighted by molar-refractivity contribution is -0.159. The Balaban J connectivity index is 1.50. The number of rotatable bonds is 5. The number of nitrogens with zero attached hydrogens (tertiary/aromatic N) is 1. The number of hydrogen-bond acceptors (Lipinski definition) is 5. The van der Waals surface area contributed by atoms with Crippen LogP contribution in [0.3, 0.4) is 0 Å². The first kappa shape index (κ1) is 17.8. The molecule has 0 saturated heterocycles. The summed E-state index contributed by atoms with van der Waals surface area (Å²) in [6.45, 7) is 2.18. The second-order valence-electron chi connectivity index (χ2n) is 6.15. The maximum absolute atomic E-state index is 12.2. The molecule has 2 aromatic carbocycles. The molecule has 0 fully saturated rings. The number of para-hydroxylation sites is 2. The zero-order valence-corrected chi connectivity index (χ0v) is 14.8. The summed E-state index contributed by atoms with van der Waals surface area (Å²) in [6.07, 6.45) is -0.876. The van der Waals surface area contributed by atoms with E-state index in [0.717, 1.165) is 11.1 Å². The van der Waals surface area contributed by atoms with E-state index in [1.54, 1.807) is 25.2 Å². The Kier molecular flexibility index (Phi) is 5.41. The van der Waals surface area contributed by atoms with E-state index in [2.05, 4.69) is 0 Å². The predicted molar refractivity (Wildman–Crippen MR) is 95.0 cm³/mol. The highest BCUT2D eigenvalue weighted by atomic mass is 16.6. The van der Waals surface area contributed by atoms with Gasteiger partial charge in [0.2, 0.25) is 6.10 Å². The van der Waals surface area contributed by atoms with Crippen molar-refractivity contribution < 1.29 is 23.8 Å². The maximum atomic E-state index is 12.2. The molecule has 1 heterocycles. The summed E-state index contributed by atoms with van der Waals surface area (Å²) in [4.78, 5) is 25.9. The average molecular weight is 355 g/mol. The van der Waals surface area contributed by atoms with Crippen molar-refractivity contribution in [2.75, 3.05) is 20.3 Å². The van der Waals surface area contributed by atoms with Crippen LogP contribution in [0.1, 0.15) is 11.1 Å². The van der Waals surface area contributed by atoms with Crippen LogP contribution in [-0.2, 0) is 20.9 Å². The van der Waals surface area contributed by atoms with E-state index in [4.69, 9.17) is 14.2 Å². The van der Waals surface area contributed by atoms with Gasteiger partial charge in [0.05, 0.1) is 0 Å². The number of likely N-dealkylation sites (N-methyl/N-ethyl adjacent to an activating group) is 1. The van der Waals surface area contributed by atoms with Gasteiger partial charge in [-0.1, -0.05) is 36.4 Å². The molecule has 0 N–H and O–H groups in total. The van der Waals surface area contributed by atoms with Gasteiger partial charge >= 0.3 is 5.97 Å². The van der Waals surface area contributed by atoms with Crippen LogP contribution in [0.4, 0.5) is 0 Å². The van der Waals surface area contributed by atoms with Crippen molar-refractivity contribution in [2.24, 2.45) is 0 Å². The van der Waals surface area contributed by atoms with Gasteiger partial charge in [0.25, 0.3) is 5.91 Å². The van der Waals surface area contributed by atoms with E-state index >= 15 is 0 Å². The van der Waals surface area contributed by atoms with E-state index in [1.165, 1.54) is 4.90 Å². The number of esters is 1. The molecule has 6 nitrogen and oxygen atoms in total. The summed E-state index contributed by atoms with van der Waals surface area (Å²) in [5.41, 5.74) is 2.16. The Morgan fingerprint density at radius 2 is 1.81 bits per heavy atom. The first-order chi connectivity index (χ1) is 12.5. The first-order valence-electron chi connectivity index (χ1n) is 8.38. The van der Waals surface area contributed by atoms with Crippen LogP contribution in [-0.4, -0.2) is 43.1 Å². The molecule has 2 aromatic rings. The quantitative estimate of drug-likeness (QED) is 0.770. The molecule has 0 saturated carbocycles. The molecule has 0 unspecified atom stereocenters. The summed E-state index contributed by atoms with van der Waals surface area (Å²) in [7, 11) is 1.68. The number of carbonyl (C=O) groups excluding carboxylic acids is 2. The summed E-state index contributed by atoms with van der Waals surface area (Å²) in [5.74, 6) is 0.185. The number of amides is 1. The molecule has 1 aliphatic rings. The Morgan fingerprint density at radius 1 is 1.12 bits per heavy atom. The van der Waals surface area contributed by atoms with Crippen LogP contribution in [0.15, 0.2) is 48.5 Å². The third kappa shape index (κ3) is 4.14. The molecule has 0 radical (unpaired) electrons. The largest absolute Gasteiger partial charge is 0.485 e. The summed E-state index contributed by atoms with van der Waals surface area (Å²) >= 11 is 0. The van der Waals surface area contributed by atoms with Crippen LogP contribution < -0.4 is 9.47 Å². The monoisotopic (exact) mass is 355 g/mol. The highest BCUT2D eigenvalue weighted by Crippen LogP contribution is 2.31. The molecule has 136 valence electrons. The highest BCUT2D eigenvalue weighted by Gasteiger charge is 2.29. The molecular formula is C20H21NO5. The molecule has 1 atom stereocenters. The normalized spacial score (nSPS) is 15.2. The maximum Gasteiger partial charge on any atom is 0.351 e. The van der Waals surface area contributed by atoms with Gasteiger partial charge in [-0.3, -0.25) is 4.79 Å². The lowest BCUT2D eigenvalue weighted by Crippen LogP contribution is -2.40. The lowest BCUT2D eigenvalue weighted by Gasteiger charge is -2.25. The fourth-order valence-corrected chi connectivity index (χ4v) is 2.60. The number of benzene rings is 2. The molecule has 0 spiro atoms. The van der Waals surface area contributed by atoms with Crippen LogP contribution >= 0.6 is 0 Å². The second kappa shape index (κ2) is 7.91. The van der Waals surface area contributed by atoms with Crippen molar-refractivity contribution >= 4 is 11.9 Å². The van der Waals surface area contributed by atoms with Crippen molar-refractivity contribution in [3.63, 3.8) is 0 Å². The van der Waals surface area contributed by atoms with Gasteiger partial charge in [-0.05, 0) is 30.2 Å². The van der Waals surface area contributed by atoms with Gasteiger partial charge in [0.1, 0.15) is 6.61 Å². The number of fused-ring (bicyclic) bond motifs is 1. The van der Waals surface area contributed by atoms with Crippen LogP contribution in [0.25, 0.3) is 0 Å². The molecule has 6 heteroatoms. The van der Waals surface area contributed by atoms with Crippen molar-refractivity contribution in [1.29, 1.82) is 0 Å². The number of aryl methyl sites for hydroxylation is 1. The fraction of sp³-hybridized carbons (Fsp3) is 0.300. The van der Waals surface area contributed by atoms with Crippen molar-refractivity contribution in [3.05, 3.63) is 59.7 Å². The van der Waals surface area contributed by atoms with Crippen molar-refractivity contribution in [3.8, 4) is 11.5 Å². The van der Waals surface area contributed by atoms with Gasteiger partial charge in [-0.15, -0.1) is 0 Å². The van der Waals surface area contributed by atoms with E-state index in [1.807, 2.05) is 37.3 Å². The van der Waals surface area contributed by atoms with Gasteiger partial charge in [-0.2, -0.15) is 0 Å². The topological polar surface area (TPSA) is 65.1 Å². The van der Waals surface area contributed by atoms with Crippen LogP contribution in [0, 0.1) is 6.92 Å². The smallest absolute Gasteiger partial charge is 0.351 e. The van der Waals surface area contributed by atoms with Gasteiger partial charge in [0.15, 0.2) is 18.1 Å². The predicted octanol–water partition coefficient (Wildman–Crippen LogP) is 2.34. The summed E-state index contributed by atoms with van der Waals surface area (Å²) in [6, 6.07) is 14.9. The Labute approximate surface area is 152 Å². The lowest BCUT2D eigenvalue weighted by atomic mass is 10.1. The average Bonchev–Trinajstić information content (AvgIpc) is 2.67. The Bertz CT molecular complexity index is 804. The molecule has 0 aliphatic carbocycles. The molecule has 0 aromatic heterocycles. The number of hydrogen-bond donors (Lipinski definition) is 0. The molecular weight excluding hydrogens is 334 g/mol. The minimum absolute atomic E-state index is 0.0586. The van der Waals surface area contributed by atoms with Gasteiger partial charge < -0.3 is 19.1 Å². The highest BCUT2D eigenvalue weighted by molar-refractivity contribution is 5.82. The standard InChI is InChI=1S/C20H21NO5/c1-14-7-3-4-8-15(14)11-21(2)19(22)13-25-20(23)18-12-24-16-9-5-6-10-17(16)26-18/h3-10,18H,11-13H2,1-2H3/t18-/m0/s1. The van der Waals surface area contributed by atoms with Crippen LogP contribution in [0.2, 0.25) is 0 Å². The first-order valence-corrected chi connectivity index (χ1v) is 8.38. The van der Waals surface area contributed by atoms with E-state index in [-0.39, 0.29) is 19.1 Å². The Hall–Kier alpha value is -3.02.